The van der Waals surface area contributed by atoms with E-state index in [1.807, 2.05) is 0 Å². The van der Waals surface area contributed by atoms with Crippen LogP contribution in [0, 0.1) is 0 Å². The minimum absolute atomic E-state index is 0.0112. The highest BCUT2D eigenvalue weighted by Crippen LogP contribution is 2.16. The van der Waals surface area contributed by atoms with Crippen molar-refractivity contribution in [2.45, 2.75) is 17.4 Å². The monoisotopic (exact) mass is 533 g/mol. The van der Waals surface area contributed by atoms with Gasteiger partial charge in [-0.05, 0) is 54.1 Å². The molecule has 0 radical (unpaired) electrons. The van der Waals surface area contributed by atoms with Gasteiger partial charge in [0.25, 0.3) is 0 Å². The third-order valence-electron chi connectivity index (χ3n) is 4.37. The van der Waals surface area contributed by atoms with E-state index in [2.05, 4.69) is 31.0 Å². The number of benzene rings is 2. The smallest absolute Gasteiger partial charge is 0.307 e. The molecule has 0 aliphatic rings. The Labute approximate surface area is 199 Å². The second kappa shape index (κ2) is 11.0. The van der Waals surface area contributed by atoms with Gasteiger partial charge in [0.05, 0.1) is 17.5 Å². The number of carbonyl (C=O) groups excluding carboxylic acids is 1. The number of pyridine rings is 1. The van der Waals surface area contributed by atoms with Crippen LogP contribution in [0.3, 0.4) is 0 Å². The fourth-order valence-corrected chi connectivity index (χ4v) is 4.20. The summed E-state index contributed by atoms with van der Waals surface area (Å²) in [7, 11) is -4.03. The zero-order valence-corrected chi connectivity index (χ0v) is 19.5. The summed E-state index contributed by atoms with van der Waals surface area (Å²) >= 11 is 3.25. The Balaban J connectivity index is 1.77. The molecule has 1 atom stereocenters. The maximum Gasteiger partial charge on any atom is 0.307 e. The van der Waals surface area contributed by atoms with Crippen molar-refractivity contribution in [1.29, 1.82) is 0 Å². The lowest BCUT2D eigenvalue weighted by Gasteiger charge is -2.19. The molecular weight excluding hydrogens is 514 g/mol. The number of carboxylic acid groups (broad SMARTS) is 1. The van der Waals surface area contributed by atoms with Crippen molar-refractivity contribution in [3.8, 4) is 5.75 Å². The van der Waals surface area contributed by atoms with E-state index in [1.165, 1.54) is 18.3 Å². The van der Waals surface area contributed by atoms with Crippen LogP contribution in [0.4, 0.5) is 5.69 Å². The van der Waals surface area contributed by atoms with Crippen molar-refractivity contribution in [1.82, 2.24) is 9.71 Å². The number of aromatic nitrogens is 1. The summed E-state index contributed by atoms with van der Waals surface area (Å²) in [6, 6.07) is 14.2. The Kier molecular flexibility index (Phi) is 8.15. The number of sulfonamides is 1. The molecule has 1 amide bonds. The topological polar surface area (TPSA) is 135 Å². The highest BCUT2D eigenvalue weighted by molar-refractivity contribution is 9.10. The molecule has 0 saturated heterocycles. The van der Waals surface area contributed by atoms with Gasteiger partial charge >= 0.3 is 5.97 Å². The normalized spacial score (nSPS) is 12.0. The predicted octanol–water partition coefficient (Wildman–Crippen LogP) is 2.84. The molecule has 3 rings (SSSR count). The van der Waals surface area contributed by atoms with E-state index in [-0.39, 0.29) is 17.9 Å². The Morgan fingerprint density at radius 2 is 1.76 bits per heavy atom. The molecule has 0 saturated carbocycles. The van der Waals surface area contributed by atoms with Crippen molar-refractivity contribution < 1.29 is 27.9 Å². The van der Waals surface area contributed by atoms with Gasteiger partial charge in [-0.3, -0.25) is 14.6 Å². The summed E-state index contributed by atoms with van der Waals surface area (Å²) in [6.07, 6.45) is 2.85. The second-order valence-electron chi connectivity index (χ2n) is 6.88. The molecule has 3 N–H and O–H groups in total. The third-order valence-corrected chi connectivity index (χ3v) is 6.38. The zero-order valence-electron chi connectivity index (χ0n) is 17.1. The lowest BCUT2D eigenvalue weighted by molar-refractivity contribution is -0.136. The number of nitrogens with one attached hydrogen (secondary N) is 2. The van der Waals surface area contributed by atoms with E-state index < -0.39 is 27.9 Å². The van der Waals surface area contributed by atoms with E-state index in [0.717, 1.165) is 0 Å². The molecule has 0 bridgehead atoms. The molecule has 33 heavy (non-hydrogen) atoms. The average molecular weight is 534 g/mol. The molecule has 1 unspecified atom stereocenters. The van der Waals surface area contributed by atoms with Gasteiger partial charge in [0.2, 0.25) is 15.9 Å². The second-order valence-corrected chi connectivity index (χ2v) is 9.51. The van der Waals surface area contributed by atoms with Crippen LogP contribution in [0.15, 0.2) is 82.4 Å². The van der Waals surface area contributed by atoms with E-state index in [0.29, 0.717) is 21.5 Å². The minimum atomic E-state index is -4.03. The summed E-state index contributed by atoms with van der Waals surface area (Å²) in [5.41, 5.74) is 0.941. The largest absolute Gasteiger partial charge is 0.490 e. The first kappa shape index (κ1) is 24.4. The van der Waals surface area contributed by atoms with E-state index in [4.69, 9.17) is 9.84 Å². The Hall–Kier alpha value is -3.28. The Bertz CT molecular complexity index is 1200. The number of carboxylic acids is 1. The fourth-order valence-electron chi connectivity index (χ4n) is 2.75. The summed E-state index contributed by atoms with van der Waals surface area (Å²) in [5, 5.41) is 11.5. The molecule has 1 heterocycles. The molecule has 11 heteroatoms. The molecule has 172 valence electrons. The van der Waals surface area contributed by atoms with Gasteiger partial charge in [-0.25, -0.2) is 8.42 Å². The molecule has 1 aromatic heterocycles. The number of rotatable bonds is 10. The summed E-state index contributed by atoms with van der Waals surface area (Å²) in [5.74, 6) is -1.25. The van der Waals surface area contributed by atoms with Gasteiger partial charge in [-0.1, -0.05) is 28.1 Å². The SMILES string of the molecule is O=C(O)Cc1ccc(NC(=O)C(COc2cccnc2)NS(=O)(=O)c2ccc(Br)cc2)cc1. The van der Waals surface area contributed by atoms with Gasteiger partial charge in [0, 0.05) is 16.4 Å². The zero-order chi connectivity index (χ0) is 23.8. The first-order valence-electron chi connectivity index (χ1n) is 9.65. The van der Waals surface area contributed by atoms with E-state index >= 15 is 0 Å². The van der Waals surface area contributed by atoms with Crippen LogP contribution in [0.25, 0.3) is 0 Å². The van der Waals surface area contributed by atoms with Crippen molar-refractivity contribution in [2.75, 3.05) is 11.9 Å². The number of nitrogens with zero attached hydrogens (tertiary/aromatic N) is 1. The lowest BCUT2D eigenvalue weighted by atomic mass is 10.1. The molecule has 0 fully saturated rings. The maximum absolute atomic E-state index is 12.9. The van der Waals surface area contributed by atoms with Gasteiger partial charge in [-0.15, -0.1) is 0 Å². The van der Waals surface area contributed by atoms with Crippen LogP contribution in [-0.2, 0) is 26.0 Å². The highest BCUT2D eigenvalue weighted by atomic mass is 79.9. The number of anilines is 1. The van der Waals surface area contributed by atoms with Crippen molar-refractivity contribution in [2.24, 2.45) is 0 Å². The molecule has 0 aliphatic carbocycles. The number of hydrogen-bond acceptors (Lipinski definition) is 6. The summed E-state index contributed by atoms with van der Waals surface area (Å²) < 4.78 is 34.3. The number of carbonyl (C=O) groups is 2. The average Bonchev–Trinajstić information content (AvgIpc) is 2.78. The Morgan fingerprint density at radius 3 is 2.36 bits per heavy atom. The van der Waals surface area contributed by atoms with E-state index in [1.54, 1.807) is 54.7 Å². The standard InChI is InChI=1S/C22H20BrN3O6S/c23-16-5-9-19(10-6-16)33(30,31)26-20(14-32-18-2-1-11-24-13-18)22(29)25-17-7-3-15(4-8-17)12-21(27)28/h1-11,13,20,26H,12,14H2,(H,25,29)(H,27,28). The van der Waals surface area contributed by atoms with Crippen LogP contribution < -0.4 is 14.8 Å². The van der Waals surface area contributed by atoms with Crippen LogP contribution >= 0.6 is 15.9 Å². The highest BCUT2D eigenvalue weighted by Gasteiger charge is 2.27. The van der Waals surface area contributed by atoms with Gasteiger partial charge in [-0.2, -0.15) is 4.72 Å². The van der Waals surface area contributed by atoms with Crippen molar-refractivity contribution >= 4 is 43.5 Å². The van der Waals surface area contributed by atoms with Crippen LogP contribution in [0.5, 0.6) is 5.75 Å². The van der Waals surface area contributed by atoms with Gasteiger partial charge in [0.15, 0.2) is 0 Å². The minimum Gasteiger partial charge on any atom is -0.490 e. The summed E-state index contributed by atoms with van der Waals surface area (Å²) in [6.45, 7) is -0.287. The number of amides is 1. The molecule has 9 nitrogen and oxygen atoms in total. The first-order chi connectivity index (χ1) is 15.7. The molecule has 0 spiro atoms. The fraction of sp³-hybridized carbons (Fsp3) is 0.136. The van der Waals surface area contributed by atoms with Gasteiger partial charge < -0.3 is 15.2 Å². The molecule has 2 aromatic carbocycles. The maximum atomic E-state index is 12.9. The van der Waals surface area contributed by atoms with Crippen molar-refractivity contribution in [3.05, 3.63) is 83.1 Å². The molecular formula is C22H20BrN3O6S. The molecule has 0 aliphatic heterocycles. The van der Waals surface area contributed by atoms with Crippen LogP contribution in [0.2, 0.25) is 0 Å². The Morgan fingerprint density at radius 1 is 1.06 bits per heavy atom. The molecule has 3 aromatic rings. The number of aliphatic carboxylic acids is 1. The summed E-state index contributed by atoms with van der Waals surface area (Å²) in [4.78, 5) is 27.7. The third kappa shape index (κ3) is 7.38. The number of hydrogen-bond donors (Lipinski definition) is 3. The lowest BCUT2D eigenvalue weighted by Crippen LogP contribution is -2.47. The van der Waals surface area contributed by atoms with Gasteiger partial charge in [0.1, 0.15) is 18.4 Å². The van der Waals surface area contributed by atoms with Crippen molar-refractivity contribution in [3.63, 3.8) is 0 Å². The van der Waals surface area contributed by atoms with E-state index in [9.17, 15) is 18.0 Å². The quantitative estimate of drug-likeness (QED) is 0.364. The number of halogens is 1. The van der Waals surface area contributed by atoms with Crippen LogP contribution in [-0.4, -0.2) is 43.0 Å². The number of ether oxygens (including phenoxy) is 1. The predicted molar refractivity (Wildman–Crippen MR) is 124 cm³/mol. The van der Waals surface area contributed by atoms with Crippen LogP contribution in [0.1, 0.15) is 5.56 Å². The first-order valence-corrected chi connectivity index (χ1v) is 11.9.